The van der Waals surface area contributed by atoms with Crippen LogP contribution in [0.5, 0.6) is 5.88 Å². The molecule has 3 N–H and O–H groups in total. The van der Waals surface area contributed by atoms with Crippen molar-refractivity contribution in [2.45, 2.75) is 6.42 Å². The lowest BCUT2D eigenvalue weighted by Gasteiger charge is -2.10. The van der Waals surface area contributed by atoms with E-state index in [1.807, 2.05) is 0 Å². The molecular weight excluding hydrogens is 268 g/mol. The molecule has 1 unspecified atom stereocenters. The van der Waals surface area contributed by atoms with Gasteiger partial charge in [-0.25, -0.2) is 4.98 Å². The topological polar surface area (TPSA) is 133 Å². The van der Waals surface area contributed by atoms with Crippen LogP contribution in [0.15, 0.2) is 17.3 Å². The zero-order chi connectivity index (χ0) is 14.5. The van der Waals surface area contributed by atoms with Gasteiger partial charge >= 0.3 is 0 Å². The number of nitro groups is 1. The summed E-state index contributed by atoms with van der Waals surface area (Å²) in [5.74, 6) is 0.0229. The highest BCUT2D eigenvalue weighted by Gasteiger charge is 2.21. The van der Waals surface area contributed by atoms with E-state index in [0.717, 1.165) is 6.42 Å². The lowest BCUT2D eigenvalue weighted by molar-refractivity contribution is -0.385. The molecule has 2 heterocycles. The van der Waals surface area contributed by atoms with Crippen LogP contribution in [0, 0.1) is 16.0 Å². The first-order chi connectivity index (χ1) is 9.61. The minimum absolute atomic E-state index is 0.184. The number of amidine groups is 1. The molecule has 1 aromatic heterocycles. The maximum absolute atomic E-state index is 10.8. The number of hydrogen-bond donors (Lipinski definition) is 2. The number of pyridine rings is 1. The van der Waals surface area contributed by atoms with Crippen molar-refractivity contribution in [3.8, 4) is 5.88 Å². The van der Waals surface area contributed by atoms with Crippen LogP contribution in [0.25, 0.3) is 0 Å². The smallest absolute Gasteiger partial charge is 0.299 e. The maximum Gasteiger partial charge on any atom is 0.299 e. The quantitative estimate of drug-likeness (QED) is 0.264. The summed E-state index contributed by atoms with van der Waals surface area (Å²) in [7, 11) is 0. The molecule has 1 aromatic rings. The third-order valence-corrected chi connectivity index (χ3v) is 2.89. The Morgan fingerprint density at radius 1 is 1.70 bits per heavy atom. The van der Waals surface area contributed by atoms with Gasteiger partial charge in [0.25, 0.3) is 5.69 Å². The molecule has 20 heavy (non-hydrogen) atoms. The zero-order valence-electron chi connectivity index (χ0n) is 10.6. The van der Waals surface area contributed by atoms with Gasteiger partial charge in [-0.2, -0.15) is 0 Å². The van der Waals surface area contributed by atoms with Crippen LogP contribution < -0.4 is 10.5 Å². The van der Waals surface area contributed by atoms with Gasteiger partial charge in [-0.3, -0.25) is 10.1 Å². The van der Waals surface area contributed by atoms with E-state index in [2.05, 4.69) is 10.1 Å². The molecule has 9 heteroatoms. The number of hydrogen-bond acceptors (Lipinski definition) is 7. The molecule has 0 bridgehead atoms. The first-order valence-electron chi connectivity index (χ1n) is 5.95. The molecule has 1 fully saturated rings. The van der Waals surface area contributed by atoms with Gasteiger partial charge in [0, 0.05) is 24.7 Å². The van der Waals surface area contributed by atoms with Crippen molar-refractivity contribution in [3.05, 3.63) is 27.9 Å². The van der Waals surface area contributed by atoms with Gasteiger partial charge in [0.2, 0.25) is 5.88 Å². The molecule has 108 valence electrons. The molecule has 0 aliphatic carbocycles. The van der Waals surface area contributed by atoms with Crippen molar-refractivity contribution in [2.24, 2.45) is 16.8 Å². The molecule has 1 aliphatic rings. The van der Waals surface area contributed by atoms with E-state index < -0.39 is 10.8 Å². The molecule has 0 amide bonds. The van der Waals surface area contributed by atoms with Crippen molar-refractivity contribution >= 4 is 11.5 Å². The summed E-state index contributed by atoms with van der Waals surface area (Å²) < 4.78 is 10.7. The predicted octanol–water partition coefficient (Wildman–Crippen LogP) is 0.500. The Labute approximate surface area is 114 Å². The summed E-state index contributed by atoms with van der Waals surface area (Å²) in [5.41, 5.74) is 4.80. The summed E-state index contributed by atoms with van der Waals surface area (Å²) >= 11 is 0. The minimum atomic E-state index is -0.658. The van der Waals surface area contributed by atoms with E-state index in [-0.39, 0.29) is 23.2 Å². The second-order valence-corrected chi connectivity index (χ2v) is 4.30. The molecule has 0 radical (unpaired) electrons. The summed E-state index contributed by atoms with van der Waals surface area (Å²) in [4.78, 5) is 14.1. The Kier molecular flexibility index (Phi) is 4.31. The van der Waals surface area contributed by atoms with E-state index in [0.29, 0.717) is 19.8 Å². The van der Waals surface area contributed by atoms with Gasteiger partial charge < -0.3 is 20.4 Å². The van der Waals surface area contributed by atoms with Gasteiger partial charge in [-0.05, 0) is 6.42 Å². The van der Waals surface area contributed by atoms with Crippen molar-refractivity contribution in [3.63, 3.8) is 0 Å². The van der Waals surface area contributed by atoms with Gasteiger partial charge in [0.05, 0.1) is 18.1 Å². The van der Waals surface area contributed by atoms with E-state index in [1.165, 1.54) is 12.1 Å². The van der Waals surface area contributed by atoms with Gasteiger partial charge in [0.15, 0.2) is 11.5 Å². The highest BCUT2D eigenvalue weighted by Crippen LogP contribution is 2.21. The summed E-state index contributed by atoms with van der Waals surface area (Å²) in [6.45, 7) is 1.73. The van der Waals surface area contributed by atoms with E-state index in [9.17, 15) is 10.1 Å². The Morgan fingerprint density at radius 3 is 3.10 bits per heavy atom. The fourth-order valence-electron chi connectivity index (χ4n) is 1.82. The Balaban J connectivity index is 2.16. The lowest BCUT2D eigenvalue weighted by atomic mass is 10.1. The highest BCUT2D eigenvalue weighted by atomic mass is 16.6. The van der Waals surface area contributed by atoms with Gasteiger partial charge in [-0.1, -0.05) is 5.16 Å². The van der Waals surface area contributed by atoms with Crippen LogP contribution in [0.2, 0.25) is 0 Å². The van der Waals surface area contributed by atoms with Gasteiger partial charge in [0.1, 0.15) is 0 Å². The number of rotatable bonds is 5. The second-order valence-electron chi connectivity index (χ2n) is 4.30. The Morgan fingerprint density at radius 2 is 2.50 bits per heavy atom. The fraction of sp³-hybridized carbons (Fsp3) is 0.455. The second kappa shape index (κ2) is 6.15. The Hall–Kier alpha value is -2.42. The van der Waals surface area contributed by atoms with Crippen molar-refractivity contribution in [1.29, 1.82) is 0 Å². The van der Waals surface area contributed by atoms with Crippen molar-refractivity contribution in [1.82, 2.24) is 4.98 Å². The number of ether oxygens (including phenoxy) is 2. The summed E-state index contributed by atoms with van der Waals surface area (Å²) in [6, 6.07) is 2.59. The molecule has 1 saturated heterocycles. The van der Waals surface area contributed by atoms with E-state index in [4.69, 9.17) is 20.4 Å². The molecule has 2 rings (SSSR count). The third-order valence-electron chi connectivity index (χ3n) is 2.89. The lowest BCUT2D eigenvalue weighted by Crippen LogP contribution is -2.18. The number of aromatic nitrogens is 1. The number of oxime groups is 1. The molecule has 1 atom stereocenters. The first-order valence-corrected chi connectivity index (χ1v) is 5.95. The van der Waals surface area contributed by atoms with Crippen LogP contribution in [-0.4, -0.2) is 40.8 Å². The van der Waals surface area contributed by atoms with Crippen LogP contribution in [0.4, 0.5) is 5.69 Å². The molecule has 0 aromatic carbocycles. The molecule has 1 aliphatic heterocycles. The third kappa shape index (κ3) is 3.12. The SMILES string of the molecule is N/C(=N/O)c1nc(OCC2CCOC2)ccc1[N+](=O)[O-]. The molecule has 9 nitrogen and oxygen atoms in total. The average molecular weight is 282 g/mol. The Bertz CT molecular complexity index is 528. The summed E-state index contributed by atoms with van der Waals surface area (Å²) in [5, 5.41) is 22.2. The molecule has 0 saturated carbocycles. The van der Waals surface area contributed by atoms with Crippen molar-refractivity contribution < 1.29 is 19.6 Å². The first kappa shape index (κ1) is 14.0. The monoisotopic (exact) mass is 282 g/mol. The van der Waals surface area contributed by atoms with E-state index >= 15 is 0 Å². The predicted molar refractivity (Wildman–Crippen MR) is 67.8 cm³/mol. The van der Waals surface area contributed by atoms with E-state index in [1.54, 1.807) is 0 Å². The standard InChI is InChI=1S/C11H14N4O5/c12-11(14-16)10-8(15(17)18)1-2-9(13-10)20-6-7-3-4-19-5-7/h1-2,7,16H,3-6H2,(H2,12,14). The van der Waals surface area contributed by atoms with Crippen molar-refractivity contribution in [2.75, 3.05) is 19.8 Å². The van der Waals surface area contributed by atoms with Crippen LogP contribution in [0.3, 0.4) is 0 Å². The van der Waals surface area contributed by atoms with Gasteiger partial charge in [-0.15, -0.1) is 0 Å². The number of nitrogens with zero attached hydrogens (tertiary/aromatic N) is 3. The van der Waals surface area contributed by atoms with Crippen LogP contribution in [-0.2, 0) is 4.74 Å². The number of nitrogens with two attached hydrogens (primary N) is 1. The summed E-state index contributed by atoms with van der Waals surface area (Å²) in [6.07, 6.45) is 0.903. The fourth-order valence-corrected chi connectivity index (χ4v) is 1.82. The van der Waals surface area contributed by atoms with Crippen LogP contribution in [0.1, 0.15) is 12.1 Å². The zero-order valence-corrected chi connectivity index (χ0v) is 10.6. The average Bonchev–Trinajstić information content (AvgIpc) is 2.97. The normalized spacial score (nSPS) is 19.0. The minimum Gasteiger partial charge on any atom is -0.477 e. The molecule has 0 spiro atoms. The maximum atomic E-state index is 10.8. The highest BCUT2D eigenvalue weighted by molar-refractivity contribution is 5.98. The van der Waals surface area contributed by atoms with Crippen LogP contribution >= 0.6 is 0 Å². The largest absolute Gasteiger partial charge is 0.477 e. The molecular formula is C11H14N4O5.